The van der Waals surface area contributed by atoms with Crippen molar-refractivity contribution < 1.29 is 0 Å². The second-order valence-electron chi connectivity index (χ2n) is 14.6. The van der Waals surface area contributed by atoms with Crippen LogP contribution in [-0.4, -0.2) is 0 Å². The molecule has 0 unspecified atom stereocenters. The van der Waals surface area contributed by atoms with Crippen LogP contribution in [0.4, 0.5) is 0 Å². The van der Waals surface area contributed by atoms with Gasteiger partial charge in [0.1, 0.15) is 0 Å². The molecule has 0 heteroatoms. The van der Waals surface area contributed by atoms with Gasteiger partial charge in [-0.2, -0.15) is 0 Å². The molecule has 262 valence electrons. The van der Waals surface area contributed by atoms with Gasteiger partial charge >= 0.3 is 0 Å². The minimum Gasteiger partial charge on any atom is -0.0984 e. The molecule has 0 saturated carbocycles. The van der Waals surface area contributed by atoms with Gasteiger partial charge in [-0.3, -0.25) is 0 Å². The molecule has 0 bridgehead atoms. The molecule has 0 N–H and O–H groups in total. The Morgan fingerprint density at radius 3 is 0.946 bits per heavy atom. The van der Waals surface area contributed by atoms with Gasteiger partial charge in [0, 0.05) is 0 Å². The van der Waals surface area contributed by atoms with Crippen molar-refractivity contribution in [1.29, 1.82) is 0 Å². The van der Waals surface area contributed by atoms with E-state index >= 15 is 0 Å². The zero-order valence-corrected chi connectivity index (χ0v) is 31.1. The fourth-order valence-corrected chi connectivity index (χ4v) is 8.87. The Hall–Kier alpha value is -7.28. The Morgan fingerprint density at radius 2 is 0.589 bits per heavy atom. The maximum Gasteiger partial charge on any atom is -0.00139 e. The lowest BCUT2D eigenvalue weighted by molar-refractivity contribution is 1.59. The molecule has 0 atom stereocenters. The van der Waals surface area contributed by atoms with E-state index < -0.39 is 0 Å². The predicted molar refractivity (Wildman–Crippen MR) is 247 cm³/mol. The molecule has 0 saturated heterocycles. The van der Waals surface area contributed by atoms with Gasteiger partial charge in [-0.15, -0.1) is 0 Å². The van der Waals surface area contributed by atoms with E-state index in [0.29, 0.717) is 0 Å². The van der Waals surface area contributed by atoms with Crippen LogP contribution >= 0.6 is 0 Å². The first-order chi connectivity index (χ1) is 27.6. The van der Waals surface area contributed by atoms with E-state index in [4.69, 9.17) is 0 Å². The van der Waals surface area contributed by atoms with E-state index in [1.165, 1.54) is 87.2 Å². The van der Waals surface area contributed by atoms with Gasteiger partial charge in [-0.1, -0.05) is 172 Å². The van der Waals surface area contributed by atoms with Crippen LogP contribution < -0.4 is 0 Å². The van der Waals surface area contributed by atoms with E-state index in [9.17, 15) is 0 Å². The van der Waals surface area contributed by atoms with Crippen LogP contribution in [0.25, 0.3) is 123 Å². The number of hydrogen-bond acceptors (Lipinski definition) is 0. The molecule has 0 aliphatic carbocycles. The summed E-state index contributed by atoms with van der Waals surface area (Å²) >= 11 is 0. The molecule has 10 aromatic rings. The van der Waals surface area contributed by atoms with Crippen molar-refractivity contribution in [1.82, 2.24) is 0 Å². The van der Waals surface area contributed by atoms with Crippen molar-refractivity contribution in [2.24, 2.45) is 0 Å². The van der Waals surface area contributed by atoms with Crippen molar-refractivity contribution in [2.45, 2.75) is 0 Å². The number of rotatable bonds is 8. The standard InChI is InChI=1S/C56H38/c1-5-35-17-21-43(29-37(35)7-3)51-33-53(45-23-19-39-13-9-11-15-41(39)31-45)49-27-28-50-54(46-24-20-40-14-10-12-16-42(40)32-46)34-52(48-26-25-47(51)55(49)56(48)50)44-22-18-36(6-2)38(8-4)30-44/h5-34H,1-4H2. The smallest absolute Gasteiger partial charge is 0.00139 e. The molecule has 0 aromatic heterocycles. The zero-order chi connectivity index (χ0) is 37.9. The molecular weight excluding hydrogens is 673 g/mol. The summed E-state index contributed by atoms with van der Waals surface area (Å²) in [6, 6.07) is 58.4. The minimum absolute atomic E-state index is 1.07. The fraction of sp³-hybridized carbons (Fsp3) is 0. The quantitative estimate of drug-likeness (QED) is 0.138. The zero-order valence-electron chi connectivity index (χ0n) is 31.1. The molecule has 0 nitrogen and oxygen atoms in total. The maximum absolute atomic E-state index is 4.16. The van der Waals surface area contributed by atoms with Gasteiger partial charge < -0.3 is 0 Å². The summed E-state index contributed by atoms with van der Waals surface area (Å²) in [5, 5.41) is 12.4. The summed E-state index contributed by atoms with van der Waals surface area (Å²) < 4.78 is 0. The van der Waals surface area contributed by atoms with Crippen LogP contribution in [0.5, 0.6) is 0 Å². The third-order valence-electron chi connectivity index (χ3n) is 11.7. The van der Waals surface area contributed by atoms with E-state index in [0.717, 1.165) is 33.4 Å². The van der Waals surface area contributed by atoms with E-state index in [1.54, 1.807) is 0 Å². The second kappa shape index (κ2) is 13.2. The topological polar surface area (TPSA) is 0 Å². The fourth-order valence-electron chi connectivity index (χ4n) is 8.87. The molecule has 0 aliphatic rings. The third-order valence-corrected chi connectivity index (χ3v) is 11.7. The van der Waals surface area contributed by atoms with Crippen molar-refractivity contribution in [2.75, 3.05) is 0 Å². The van der Waals surface area contributed by atoms with Crippen LogP contribution in [0.1, 0.15) is 22.3 Å². The van der Waals surface area contributed by atoms with Gasteiger partial charge in [0.2, 0.25) is 0 Å². The average molecular weight is 711 g/mol. The van der Waals surface area contributed by atoms with Crippen LogP contribution in [-0.2, 0) is 0 Å². The highest BCUT2D eigenvalue weighted by Crippen LogP contribution is 2.49. The van der Waals surface area contributed by atoms with Crippen molar-refractivity contribution in [3.8, 4) is 44.5 Å². The highest BCUT2D eigenvalue weighted by Gasteiger charge is 2.22. The van der Waals surface area contributed by atoms with Crippen molar-refractivity contribution in [3.05, 3.63) is 206 Å². The number of hydrogen-bond donors (Lipinski definition) is 0. The lowest BCUT2D eigenvalue weighted by Crippen LogP contribution is -1.95. The Kier molecular flexibility index (Phi) is 7.87. The van der Waals surface area contributed by atoms with Gasteiger partial charge in [0.05, 0.1) is 0 Å². The van der Waals surface area contributed by atoms with Crippen LogP contribution in [0.2, 0.25) is 0 Å². The highest BCUT2D eigenvalue weighted by atomic mass is 14.2. The predicted octanol–water partition coefficient (Wildman–Crippen LogP) is 16.1. The van der Waals surface area contributed by atoms with E-state index in [2.05, 4.69) is 184 Å². The van der Waals surface area contributed by atoms with Crippen molar-refractivity contribution in [3.63, 3.8) is 0 Å². The third kappa shape index (κ3) is 5.22. The summed E-state index contributed by atoms with van der Waals surface area (Å²) in [5.41, 5.74) is 13.8. The van der Waals surface area contributed by atoms with Crippen LogP contribution in [0, 0.1) is 0 Å². The summed E-state index contributed by atoms with van der Waals surface area (Å²) in [6.45, 7) is 16.5. The number of benzene rings is 10. The summed E-state index contributed by atoms with van der Waals surface area (Å²) in [4.78, 5) is 0. The maximum atomic E-state index is 4.16. The molecule has 0 aliphatic heterocycles. The van der Waals surface area contributed by atoms with Gasteiger partial charge in [-0.05, 0) is 157 Å². The Balaban J connectivity index is 1.37. The van der Waals surface area contributed by atoms with Gasteiger partial charge in [-0.25, -0.2) is 0 Å². The minimum atomic E-state index is 1.07. The first-order valence-corrected chi connectivity index (χ1v) is 19.1. The Morgan fingerprint density at radius 1 is 0.268 bits per heavy atom. The number of fused-ring (bicyclic) bond motifs is 2. The average Bonchev–Trinajstić information content (AvgIpc) is 3.26. The molecule has 0 heterocycles. The normalized spacial score (nSPS) is 11.5. The lowest BCUT2D eigenvalue weighted by Gasteiger charge is -2.22. The second-order valence-corrected chi connectivity index (χ2v) is 14.6. The Labute approximate surface area is 327 Å². The first kappa shape index (κ1) is 33.3. The lowest BCUT2D eigenvalue weighted by atomic mass is 9.81. The SMILES string of the molecule is C=Cc1ccc(-c2cc(-c3ccc4ccccc4c3)c3ccc4c(-c5ccc6ccccc6c5)cc(-c5ccc(C=C)c(C=C)c5)c5ccc2c3c54)cc1C=C. The molecule has 10 aromatic carbocycles. The van der Waals surface area contributed by atoms with Crippen molar-refractivity contribution >= 4 is 78.2 Å². The summed E-state index contributed by atoms with van der Waals surface area (Å²) in [7, 11) is 0. The van der Waals surface area contributed by atoms with E-state index in [-0.39, 0.29) is 0 Å². The van der Waals surface area contributed by atoms with Crippen LogP contribution in [0.15, 0.2) is 184 Å². The summed E-state index contributed by atoms with van der Waals surface area (Å²) in [6.07, 6.45) is 7.66. The van der Waals surface area contributed by atoms with Gasteiger partial charge in [0.15, 0.2) is 0 Å². The molecular formula is C56H38. The molecule has 10 rings (SSSR count). The first-order valence-electron chi connectivity index (χ1n) is 19.1. The largest absolute Gasteiger partial charge is 0.0984 e. The molecule has 0 spiro atoms. The summed E-state index contributed by atoms with van der Waals surface area (Å²) in [5.74, 6) is 0. The molecule has 0 amide bonds. The van der Waals surface area contributed by atoms with Crippen LogP contribution in [0.3, 0.4) is 0 Å². The highest BCUT2D eigenvalue weighted by molar-refractivity contribution is 6.32. The van der Waals surface area contributed by atoms with E-state index in [1.807, 2.05) is 24.3 Å². The Bertz CT molecular complexity index is 3040. The molecule has 56 heavy (non-hydrogen) atoms. The molecule has 0 radical (unpaired) electrons. The monoisotopic (exact) mass is 710 g/mol. The molecule has 0 fully saturated rings. The van der Waals surface area contributed by atoms with Gasteiger partial charge in [0.25, 0.3) is 0 Å².